The summed E-state index contributed by atoms with van der Waals surface area (Å²) in [5, 5.41) is 14.1. The molecule has 1 aliphatic carbocycles. The van der Waals surface area contributed by atoms with E-state index < -0.39 is 5.97 Å². The molecule has 2 N–H and O–H groups in total. The van der Waals surface area contributed by atoms with E-state index in [9.17, 15) is 9.59 Å². The van der Waals surface area contributed by atoms with Crippen molar-refractivity contribution in [3.8, 4) is 0 Å². The van der Waals surface area contributed by atoms with Crippen molar-refractivity contribution in [1.82, 2.24) is 10.3 Å². The Morgan fingerprint density at radius 3 is 2.52 bits per heavy atom. The Bertz CT molecular complexity index is 721. The van der Waals surface area contributed by atoms with E-state index in [0.29, 0.717) is 18.9 Å². The van der Waals surface area contributed by atoms with E-state index in [0.717, 1.165) is 30.7 Å². The van der Waals surface area contributed by atoms with Crippen LogP contribution in [0.25, 0.3) is 0 Å². The number of rotatable bonds is 6. The first kappa shape index (κ1) is 17.6. The molecule has 0 aliphatic heterocycles. The van der Waals surface area contributed by atoms with Gasteiger partial charge in [-0.1, -0.05) is 30.3 Å². The fraction of sp³-hybridized carbons (Fsp3) is 0.421. The molecule has 0 radical (unpaired) electrons. The standard InChI is InChI=1S/C19H22N2O3S/c22-18(20-11-10-17-21-16(12-25-17)19(23)24)15-8-6-14(7-9-15)13-4-2-1-3-5-13/h1-5,12,14-15H,6-11H2,(H,20,22)(H,23,24). The fourth-order valence-electron chi connectivity index (χ4n) is 3.38. The zero-order chi connectivity index (χ0) is 17.6. The number of carboxylic acid groups (broad SMARTS) is 1. The van der Waals surface area contributed by atoms with Crippen molar-refractivity contribution in [2.24, 2.45) is 5.92 Å². The van der Waals surface area contributed by atoms with Crippen molar-refractivity contribution in [3.63, 3.8) is 0 Å². The molecule has 2 aromatic rings. The average Bonchev–Trinajstić information content (AvgIpc) is 3.12. The Morgan fingerprint density at radius 1 is 1.16 bits per heavy atom. The topological polar surface area (TPSA) is 79.3 Å². The molecule has 3 rings (SSSR count). The van der Waals surface area contributed by atoms with Gasteiger partial charge in [0.15, 0.2) is 5.69 Å². The van der Waals surface area contributed by atoms with Crippen LogP contribution in [0.5, 0.6) is 0 Å². The van der Waals surface area contributed by atoms with Crippen LogP contribution in [0.3, 0.4) is 0 Å². The van der Waals surface area contributed by atoms with Crippen molar-refractivity contribution < 1.29 is 14.7 Å². The van der Waals surface area contributed by atoms with Crippen LogP contribution in [0.4, 0.5) is 0 Å². The van der Waals surface area contributed by atoms with Crippen LogP contribution < -0.4 is 5.32 Å². The summed E-state index contributed by atoms with van der Waals surface area (Å²) in [4.78, 5) is 27.2. The third-order valence-corrected chi connectivity index (χ3v) is 5.69. The molecule has 25 heavy (non-hydrogen) atoms. The highest BCUT2D eigenvalue weighted by atomic mass is 32.1. The maximum atomic E-state index is 12.3. The van der Waals surface area contributed by atoms with Gasteiger partial charge in [0.25, 0.3) is 0 Å². The Balaban J connectivity index is 1.41. The maximum Gasteiger partial charge on any atom is 0.355 e. The number of aromatic carboxylic acids is 1. The molecule has 132 valence electrons. The highest BCUT2D eigenvalue weighted by Gasteiger charge is 2.26. The van der Waals surface area contributed by atoms with Crippen LogP contribution in [-0.2, 0) is 11.2 Å². The summed E-state index contributed by atoms with van der Waals surface area (Å²) in [5.41, 5.74) is 1.45. The molecule has 1 aliphatic rings. The number of carboxylic acids is 1. The summed E-state index contributed by atoms with van der Waals surface area (Å²) in [6.07, 6.45) is 4.52. The number of carbonyl (C=O) groups excluding carboxylic acids is 1. The van der Waals surface area contributed by atoms with Crippen LogP contribution in [0, 0.1) is 5.92 Å². The molecular formula is C19H22N2O3S. The molecule has 0 saturated heterocycles. The normalized spacial score (nSPS) is 20.2. The van der Waals surface area contributed by atoms with E-state index in [4.69, 9.17) is 5.11 Å². The second-order valence-electron chi connectivity index (χ2n) is 6.43. The molecule has 5 nitrogen and oxygen atoms in total. The zero-order valence-electron chi connectivity index (χ0n) is 14.0. The maximum absolute atomic E-state index is 12.3. The predicted molar refractivity (Wildman–Crippen MR) is 96.9 cm³/mol. The molecule has 6 heteroatoms. The van der Waals surface area contributed by atoms with Crippen molar-refractivity contribution in [2.75, 3.05) is 6.54 Å². The first-order valence-electron chi connectivity index (χ1n) is 8.64. The number of aromatic nitrogens is 1. The van der Waals surface area contributed by atoms with E-state index in [1.165, 1.54) is 22.3 Å². The Hall–Kier alpha value is -2.21. The lowest BCUT2D eigenvalue weighted by Gasteiger charge is -2.28. The highest BCUT2D eigenvalue weighted by molar-refractivity contribution is 7.09. The van der Waals surface area contributed by atoms with Crippen LogP contribution >= 0.6 is 11.3 Å². The van der Waals surface area contributed by atoms with Gasteiger partial charge < -0.3 is 10.4 Å². The number of thiazole rings is 1. The molecule has 0 spiro atoms. The average molecular weight is 358 g/mol. The number of hydrogen-bond acceptors (Lipinski definition) is 4. The minimum atomic E-state index is -1.01. The summed E-state index contributed by atoms with van der Waals surface area (Å²) >= 11 is 1.32. The minimum Gasteiger partial charge on any atom is -0.476 e. The van der Waals surface area contributed by atoms with Crippen LogP contribution in [-0.4, -0.2) is 28.5 Å². The molecule has 0 atom stereocenters. The molecule has 1 aromatic heterocycles. The van der Waals surface area contributed by atoms with Gasteiger partial charge >= 0.3 is 5.97 Å². The summed E-state index contributed by atoms with van der Waals surface area (Å²) in [6, 6.07) is 10.5. The van der Waals surface area contributed by atoms with Gasteiger partial charge in [-0.25, -0.2) is 9.78 Å². The van der Waals surface area contributed by atoms with Gasteiger partial charge in [0.05, 0.1) is 5.01 Å². The number of carbonyl (C=O) groups is 2. The van der Waals surface area contributed by atoms with Crippen LogP contribution in [0.2, 0.25) is 0 Å². The first-order chi connectivity index (χ1) is 12.1. The lowest BCUT2D eigenvalue weighted by atomic mass is 9.78. The van der Waals surface area contributed by atoms with E-state index in [1.807, 2.05) is 6.07 Å². The predicted octanol–water partition coefficient (Wildman–Crippen LogP) is 3.47. The van der Waals surface area contributed by atoms with Crippen LogP contribution in [0.1, 0.15) is 52.7 Å². The number of nitrogens with one attached hydrogen (secondary N) is 1. The Morgan fingerprint density at radius 2 is 1.88 bits per heavy atom. The van der Waals surface area contributed by atoms with Crippen molar-refractivity contribution >= 4 is 23.2 Å². The molecule has 1 heterocycles. The second kappa shape index (κ2) is 8.25. The first-order valence-corrected chi connectivity index (χ1v) is 9.52. The zero-order valence-corrected chi connectivity index (χ0v) is 14.8. The molecule has 1 fully saturated rings. The van der Waals surface area contributed by atoms with E-state index in [2.05, 4.69) is 34.6 Å². The minimum absolute atomic E-state index is 0.0746. The van der Waals surface area contributed by atoms with E-state index in [1.54, 1.807) is 0 Å². The van der Waals surface area contributed by atoms with Gasteiger partial charge in [0, 0.05) is 24.3 Å². The lowest BCUT2D eigenvalue weighted by Crippen LogP contribution is -2.34. The van der Waals surface area contributed by atoms with Gasteiger partial charge in [0.1, 0.15) is 0 Å². The van der Waals surface area contributed by atoms with Gasteiger partial charge in [-0.05, 0) is 37.2 Å². The monoisotopic (exact) mass is 358 g/mol. The SMILES string of the molecule is O=C(O)c1csc(CCNC(=O)C2CCC(c3ccccc3)CC2)n1. The number of nitrogens with zero attached hydrogens (tertiary/aromatic N) is 1. The van der Waals surface area contributed by atoms with Gasteiger partial charge in [-0.3, -0.25) is 4.79 Å². The number of hydrogen-bond donors (Lipinski definition) is 2. The third-order valence-electron chi connectivity index (χ3n) is 4.78. The number of amides is 1. The summed E-state index contributed by atoms with van der Waals surface area (Å²) in [7, 11) is 0. The fourth-order valence-corrected chi connectivity index (χ4v) is 4.15. The molecule has 0 unspecified atom stereocenters. The number of benzene rings is 1. The van der Waals surface area contributed by atoms with Crippen LogP contribution in [0.15, 0.2) is 35.7 Å². The van der Waals surface area contributed by atoms with E-state index in [-0.39, 0.29) is 17.5 Å². The third kappa shape index (κ3) is 4.66. The Labute approximate surface area is 151 Å². The summed E-state index contributed by atoms with van der Waals surface area (Å²) in [5.74, 6) is -0.246. The van der Waals surface area contributed by atoms with Crippen molar-refractivity contribution in [2.45, 2.75) is 38.0 Å². The highest BCUT2D eigenvalue weighted by Crippen LogP contribution is 2.35. The van der Waals surface area contributed by atoms with Crippen molar-refractivity contribution in [1.29, 1.82) is 0 Å². The lowest BCUT2D eigenvalue weighted by molar-refractivity contribution is -0.125. The molecule has 1 amide bonds. The van der Waals surface area contributed by atoms with Gasteiger partial charge in [0.2, 0.25) is 5.91 Å². The molecule has 0 bridgehead atoms. The Kier molecular flexibility index (Phi) is 5.81. The molecular weight excluding hydrogens is 336 g/mol. The summed E-state index contributed by atoms with van der Waals surface area (Å²) in [6.45, 7) is 0.504. The van der Waals surface area contributed by atoms with Crippen molar-refractivity contribution in [3.05, 3.63) is 52.0 Å². The smallest absolute Gasteiger partial charge is 0.355 e. The van der Waals surface area contributed by atoms with E-state index >= 15 is 0 Å². The van der Waals surface area contributed by atoms with Gasteiger partial charge in [-0.2, -0.15) is 0 Å². The second-order valence-corrected chi connectivity index (χ2v) is 7.37. The van der Waals surface area contributed by atoms with Gasteiger partial charge in [-0.15, -0.1) is 11.3 Å². The quantitative estimate of drug-likeness (QED) is 0.829. The molecule has 1 aromatic carbocycles. The molecule has 1 saturated carbocycles. The summed E-state index contributed by atoms with van der Waals surface area (Å²) < 4.78 is 0. The largest absolute Gasteiger partial charge is 0.476 e.